The standard InChI is InChI=1S/C15H19FO2/c1-10-7-11(9-12(16)8-10)13-5-3-2-4-6-14(13)15(17)18/h7-9,13-14H,2-6H2,1H3,(H,17,18). The van der Waals surface area contributed by atoms with Crippen LogP contribution < -0.4 is 0 Å². The Labute approximate surface area is 107 Å². The van der Waals surface area contributed by atoms with Crippen molar-refractivity contribution in [2.24, 2.45) is 5.92 Å². The van der Waals surface area contributed by atoms with Gasteiger partial charge in [0.25, 0.3) is 0 Å². The summed E-state index contributed by atoms with van der Waals surface area (Å²) < 4.78 is 13.5. The molecule has 1 aromatic carbocycles. The molecule has 1 aromatic rings. The quantitative estimate of drug-likeness (QED) is 0.809. The van der Waals surface area contributed by atoms with Gasteiger partial charge in [-0.2, -0.15) is 0 Å². The number of hydrogen-bond acceptors (Lipinski definition) is 1. The molecule has 1 saturated carbocycles. The van der Waals surface area contributed by atoms with E-state index in [1.807, 2.05) is 13.0 Å². The number of aliphatic carboxylic acids is 1. The summed E-state index contributed by atoms with van der Waals surface area (Å²) in [5.74, 6) is -1.42. The zero-order valence-corrected chi connectivity index (χ0v) is 10.7. The number of carboxylic acids is 1. The van der Waals surface area contributed by atoms with E-state index >= 15 is 0 Å². The second-order valence-corrected chi connectivity index (χ2v) is 5.25. The second kappa shape index (κ2) is 5.51. The second-order valence-electron chi connectivity index (χ2n) is 5.25. The van der Waals surface area contributed by atoms with Gasteiger partial charge in [-0.25, -0.2) is 4.39 Å². The Kier molecular flexibility index (Phi) is 4.00. The largest absolute Gasteiger partial charge is 0.481 e. The molecule has 0 spiro atoms. The molecular formula is C15H19FO2. The molecule has 0 heterocycles. The summed E-state index contributed by atoms with van der Waals surface area (Å²) in [5, 5.41) is 9.34. The fraction of sp³-hybridized carbons (Fsp3) is 0.533. The molecule has 2 rings (SSSR count). The van der Waals surface area contributed by atoms with E-state index in [4.69, 9.17) is 0 Å². The molecule has 0 amide bonds. The molecule has 1 aliphatic carbocycles. The minimum atomic E-state index is -0.746. The van der Waals surface area contributed by atoms with Gasteiger partial charge in [-0.05, 0) is 48.9 Å². The predicted octanol–water partition coefficient (Wildman–Crippen LogP) is 3.88. The SMILES string of the molecule is Cc1cc(F)cc(C2CCCCCC2C(=O)O)c1. The van der Waals surface area contributed by atoms with Gasteiger partial charge in [-0.15, -0.1) is 0 Å². The molecule has 0 radical (unpaired) electrons. The van der Waals surface area contributed by atoms with Crippen molar-refractivity contribution in [3.8, 4) is 0 Å². The van der Waals surface area contributed by atoms with Crippen LogP contribution in [-0.4, -0.2) is 11.1 Å². The highest BCUT2D eigenvalue weighted by atomic mass is 19.1. The summed E-state index contributed by atoms with van der Waals surface area (Å²) in [5.41, 5.74) is 1.71. The third-order valence-corrected chi connectivity index (χ3v) is 3.83. The Morgan fingerprint density at radius 2 is 1.94 bits per heavy atom. The summed E-state index contributed by atoms with van der Waals surface area (Å²) in [7, 11) is 0. The first-order valence-electron chi connectivity index (χ1n) is 6.58. The maximum absolute atomic E-state index is 13.5. The van der Waals surface area contributed by atoms with E-state index in [2.05, 4.69) is 0 Å². The number of benzene rings is 1. The van der Waals surface area contributed by atoms with Gasteiger partial charge in [0.05, 0.1) is 5.92 Å². The predicted molar refractivity (Wildman–Crippen MR) is 68.1 cm³/mol. The average molecular weight is 250 g/mol. The highest BCUT2D eigenvalue weighted by Crippen LogP contribution is 2.37. The van der Waals surface area contributed by atoms with E-state index in [9.17, 15) is 14.3 Å². The number of aryl methyl sites for hydroxylation is 1. The summed E-state index contributed by atoms with van der Waals surface area (Å²) >= 11 is 0. The molecule has 0 bridgehead atoms. The fourth-order valence-corrected chi connectivity index (χ4v) is 2.98. The van der Waals surface area contributed by atoms with Crippen LogP contribution in [0.25, 0.3) is 0 Å². The van der Waals surface area contributed by atoms with Crippen molar-refractivity contribution in [1.82, 2.24) is 0 Å². The van der Waals surface area contributed by atoms with Crippen LogP contribution in [0.15, 0.2) is 18.2 Å². The summed E-state index contributed by atoms with van der Waals surface area (Å²) in [6, 6.07) is 4.91. The first kappa shape index (κ1) is 13.1. The van der Waals surface area contributed by atoms with Crippen LogP contribution in [0.5, 0.6) is 0 Å². The molecule has 2 atom stereocenters. The zero-order chi connectivity index (χ0) is 13.1. The Morgan fingerprint density at radius 3 is 2.61 bits per heavy atom. The lowest BCUT2D eigenvalue weighted by Crippen LogP contribution is -2.21. The highest BCUT2D eigenvalue weighted by molar-refractivity contribution is 5.71. The Hall–Kier alpha value is -1.38. The smallest absolute Gasteiger partial charge is 0.307 e. The van der Waals surface area contributed by atoms with Crippen molar-refractivity contribution >= 4 is 5.97 Å². The van der Waals surface area contributed by atoms with Crippen molar-refractivity contribution in [1.29, 1.82) is 0 Å². The lowest BCUT2D eigenvalue weighted by atomic mass is 9.82. The number of rotatable bonds is 2. The van der Waals surface area contributed by atoms with Crippen LogP contribution in [0.4, 0.5) is 4.39 Å². The molecule has 1 N–H and O–H groups in total. The van der Waals surface area contributed by atoms with Crippen molar-refractivity contribution in [2.75, 3.05) is 0 Å². The Morgan fingerprint density at radius 1 is 1.22 bits per heavy atom. The Balaban J connectivity index is 2.34. The molecule has 0 aliphatic heterocycles. The maximum Gasteiger partial charge on any atom is 0.307 e. The van der Waals surface area contributed by atoms with Gasteiger partial charge in [-0.3, -0.25) is 4.79 Å². The number of halogens is 1. The minimum absolute atomic E-state index is 0.0422. The van der Waals surface area contributed by atoms with Crippen LogP contribution in [-0.2, 0) is 4.79 Å². The van der Waals surface area contributed by atoms with Gasteiger partial charge in [0.2, 0.25) is 0 Å². The minimum Gasteiger partial charge on any atom is -0.481 e. The lowest BCUT2D eigenvalue weighted by Gasteiger charge is -2.22. The number of carbonyl (C=O) groups is 1. The van der Waals surface area contributed by atoms with E-state index < -0.39 is 5.97 Å². The fourth-order valence-electron chi connectivity index (χ4n) is 2.98. The molecule has 0 saturated heterocycles. The molecule has 2 nitrogen and oxygen atoms in total. The third kappa shape index (κ3) is 2.89. The van der Waals surface area contributed by atoms with Gasteiger partial charge in [0, 0.05) is 0 Å². The van der Waals surface area contributed by atoms with E-state index in [-0.39, 0.29) is 17.7 Å². The normalized spacial score (nSPS) is 24.6. The Bertz CT molecular complexity index is 422. The van der Waals surface area contributed by atoms with Crippen LogP contribution in [0.1, 0.15) is 49.1 Å². The van der Waals surface area contributed by atoms with Gasteiger partial charge in [0.15, 0.2) is 0 Å². The number of hydrogen-bond donors (Lipinski definition) is 1. The molecule has 1 aliphatic rings. The summed E-state index contributed by atoms with van der Waals surface area (Å²) in [6.07, 6.45) is 4.62. The molecule has 1 fully saturated rings. The monoisotopic (exact) mass is 250 g/mol. The van der Waals surface area contributed by atoms with E-state index in [1.54, 1.807) is 0 Å². The van der Waals surface area contributed by atoms with Crippen molar-refractivity contribution < 1.29 is 14.3 Å². The summed E-state index contributed by atoms with van der Waals surface area (Å²) in [6.45, 7) is 1.85. The number of carboxylic acid groups (broad SMARTS) is 1. The van der Waals surface area contributed by atoms with E-state index in [0.29, 0.717) is 6.42 Å². The molecule has 98 valence electrons. The van der Waals surface area contributed by atoms with Crippen LogP contribution in [0.3, 0.4) is 0 Å². The molecular weight excluding hydrogens is 231 g/mol. The highest BCUT2D eigenvalue weighted by Gasteiger charge is 2.30. The average Bonchev–Trinajstić information content (AvgIpc) is 2.52. The van der Waals surface area contributed by atoms with Crippen LogP contribution in [0.2, 0.25) is 0 Å². The van der Waals surface area contributed by atoms with Crippen molar-refractivity contribution in [3.63, 3.8) is 0 Å². The van der Waals surface area contributed by atoms with E-state index in [1.165, 1.54) is 12.1 Å². The van der Waals surface area contributed by atoms with Gasteiger partial charge in [-0.1, -0.05) is 25.3 Å². The van der Waals surface area contributed by atoms with Crippen molar-refractivity contribution in [2.45, 2.75) is 44.9 Å². The maximum atomic E-state index is 13.5. The van der Waals surface area contributed by atoms with Gasteiger partial charge >= 0.3 is 5.97 Å². The molecule has 0 aromatic heterocycles. The molecule has 18 heavy (non-hydrogen) atoms. The lowest BCUT2D eigenvalue weighted by molar-refractivity contribution is -0.142. The first-order valence-corrected chi connectivity index (χ1v) is 6.58. The first-order chi connectivity index (χ1) is 8.58. The summed E-state index contributed by atoms with van der Waals surface area (Å²) in [4.78, 5) is 11.4. The zero-order valence-electron chi connectivity index (χ0n) is 10.7. The van der Waals surface area contributed by atoms with Gasteiger partial charge < -0.3 is 5.11 Å². The third-order valence-electron chi connectivity index (χ3n) is 3.83. The molecule has 2 unspecified atom stereocenters. The molecule has 3 heteroatoms. The topological polar surface area (TPSA) is 37.3 Å². The van der Waals surface area contributed by atoms with E-state index in [0.717, 1.165) is 36.8 Å². The van der Waals surface area contributed by atoms with Gasteiger partial charge in [0.1, 0.15) is 5.82 Å². The van der Waals surface area contributed by atoms with Crippen LogP contribution in [0, 0.1) is 18.7 Å². The van der Waals surface area contributed by atoms with Crippen LogP contribution >= 0.6 is 0 Å². The van der Waals surface area contributed by atoms with Crippen molar-refractivity contribution in [3.05, 3.63) is 35.1 Å².